The van der Waals surface area contributed by atoms with E-state index in [0.717, 1.165) is 23.9 Å². The third-order valence-corrected chi connectivity index (χ3v) is 4.31. The van der Waals surface area contributed by atoms with E-state index in [1.807, 2.05) is 18.2 Å². The van der Waals surface area contributed by atoms with Crippen LogP contribution in [0.1, 0.15) is 18.9 Å². The Kier molecular flexibility index (Phi) is 3.74. The van der Waals surface area contributed by atoms with Gasteiger partial charge in [-0.15, -0.1) is 0 Å². The number of nitriles is 1. The number of rotatable bonds is 2. The number of anilines is 1. The number of nitrogens with zero attached hydrogens (tertiary/aromatic N) is 2. The average Bonchev–Trinajstić information content (AvgIpc) is 2.39. The highest BCUT2D eigenvalue weighted by Crippen LogP contribution is 2.26. The fraction of sp³-hybridized carbons (Fsp3) is 0.462. The minimum Gasteiger partial charge on any atom is -0.370 e. The first-order valence-corrected chi connectivity index (χ1v) is 6.75. The van der Waals surface area contributed by atoms with Gasteiger partial charge in [-0.2, -0.15) is 17.0 Å². The zero-order valence-corrected chi connectivity index (χ0v) is 10.3. The SMILES string of the molecule is CCC1CN(c2cccc(C#N)c2)CCS1. The first kappa shape index (κ1) is 11.3. The van der Waals surface area contributed by atoms with Crippen molar-refractivity contribution in [2.24, 2.45) is 0 Å². The molecule has 16 heavy (non-hydrogen) atoms. The van der Waals surface area contributed by atoms with E-state index in [1.165, 1.54) is 17.9 Å². The molecule has 2 nitrogen and oxygen atoms in total. The molecule has 84 valence electrons. The molecule has 1 heterocycles. The van der Waals surface area contributed by atoms with Gasteiger partial charge in [0, 0.05) is 29.8 Å². The first-order chi connectivity index (χ1) is 7.83. The summed E-state index contributed by atoms with van der Waals surface area (Å²) in [5.74, 6) is 1.19. The van der Waals surface area contributed by atoms with Crippen molar-refractivity contribution in [2.45, 2.75) is 18.6 Å². The Labute approximate surface area is 101 Å². The van der Waals surface area contributed by atoms with Crippen LogP contribution >= 0.6 is 11.8 Å². The van der Waals surface area contributed by atoms with Crippen LogP contribution in [0.25, 0.3) is 0 Å². The standard InChI is InChI=1S/C13H16N2S/c1-2-13-10-15(6-7-16-13)12-5-3-4-11(8-12)9-14/h3-5,8,13H,2,6-7,10H2,1H3. The highest BCUT2D eigenvalue weighted by Gasteiger charge is 2.19. The third kappa shape index (κ3) is 2.51. The van der Waals surface area contributed by atoms with Gasteiger partial charge in [0.1, 0.15) is 0 Å². The highest BCUT2D eigenvalue weighted by molar-refractivity contribution is 8.00. The summed E-state index contributed by atoms with van der Waals surface area (Å²) in [7, 11) is 0. The Balaban J connectivity index is 2.14. The fourth-order valence-electron chi connectivity index (χ4n) is 1.97. The summed E-state index contributed by atoms with van der Waals surface area (Å²) in [5.41, 5.74) is 1.95. The minimum atomic E-state index is 0.736. The molecular weight excluding hydrogens is 216 g/mol. The van der Waals surface area contributed by atoms with Crippen LogP contribution < -0.4 is 4.90 Å². The molecule has 2 rings (SSSR count). The second kappa shape index (κ2) is 5.27. The van der Waals surface area contributed by atoms with E-state index in [4.69, 9.17) is 5.26 Å². The summed E-state index contributed by atoms with van der Waals surface area (Å²) in [6.07, 6.45) is 1.22. The molecule has 1 unspecified atom stereocenters. The largest absolute Gasteiger partial charge is 0.370 e. The maximum atomic E-state index is 8.89. The molecule has 1 atom stereocenters. The van der Waals surface area contributed by atoms with E-state index >= 15 is 0 Å². The lowest BCUT2D eigenvalue weighted by atomic mass is 10.2. The number of benzene rings is 1. The number of hydrogen-bond donors (Lipinski definition) is 0. The van der Waals surface area contributed by atoms with Crippen LogP contribution in [0.5, 0.6) is 0 Å². The number of hydrogen-bond acceptors (Lipinski definition) is 3. The maximum absolute atomic E-state index is 8.89. The Morgan fingerprint density at radius 3 is 3.19 bits per heavy atom. The number of thioether (sulfide) groups is 1. The van der Waals surface area contributed by atoms with Gasteiger partial charge in [0.25, 0.3) is 0 Å². The normalized spacial score (nSPS) is 20.5. The molecule has 0 bridgehead atoms. The Morgan fingerprint density at radius 1 is 1.56 bits per heavy atom. The van der Waals surface area contributed by atoms with Crippen LogP contribution in [0.15, 0.2) is 24.3 Å². The van der Waals surface area contributed by atoms with E-state index < -0.39 is 0 Å². The zero-order valence-electron chi connectivity index (χ0n) is 9.52. The smallest absolute Gasteiger partial charge is 0.0992 e. The van der Waals surface area contributed by atoms with Gasteiger partial charge in [0.15, 0.2) is 0 Å². The molecule has 1 aliphatic rings. The van der Waals surface area contributed by atoms with Crippen LogP contribution in [0.3, 0.4) is 0 Å². The molecule has 0 aromatic heterocycles. The highest BCUT2D eigenvalue weighted by atomic mass is 32.2. The molecule has 3 heteroatoms. The van der Waals surface area contributed by atoms with Crippen LogP contribution in [0.2, 0.25) is 0 Å². The summed E-state index contributed by atoms with van der Waals surface area (Å²) >= 11 is 2.06. The van der Waals surface area contributed by atoms with E-state index in [0.29, 0.717) is 0 Å². The summed E-state index contributed by atoms with van der Waals surface area (Å²) in [6, 6.07) is 10.1. The van der Waals surface area contributed by atoms with Gasteiger partial charge >= 0.3 is 0 Å². The van der Waals surface area contributed by atoms with E-state index in [2.05, 4.69) is 35.7 Å². The van der Waals surface area contributed by atoms with E-state index in [-0.39, 0.29) is 0 Å². The monoisotopic (exact) mass is 232 g/mol. The van der Waals surface area contributed by atoms with Gasteiger partial charge in [-0.05, 0) is 24.6 Å². The summed E-state index contributed by atoms with van der Waals surface area (Å²) in [6.45, 7) is 4.44. The molecule has 1 aliphatic heterocycles. The first-order valence-electron chi connectivity index (χ1n) is 5.70. The Bertz CT molecular complexity index is 397. The summed E-state index contributed by atoms with van der Waals surface area (Å²) in [5, 5.41) is 9.62. The van der Waals surface area contributed by atoms with Crippen molar-refractivity contribution in [1.82, 2.24) is 0 Å². The van der Waals surface area contributed by atoms with Crippen molar-refractivity contribution >= 4 is 17.4 Å². The van der Waals surface area contributed by atoms with E-state index in [9.17, 15) is 0 Å². The lowest BCUT2D eigenvalue weighted by molar-refractivity contribution is 0.728. The Morgan fingerprint density at radius 2 is 2.44 bits per heavy atom. The second-order valence-corrected chi connectivity index (χ2v) is 5.42. The van der Waals surface area contributed by atoms with Crippen LogP contribution in [0, 0.1) is 11.3 Å². The van der Waals surface area contributed by atoms with Gasteiger partial charge < -0.3 is 4.90 Å². The molecule has 1 aromatic carbocycles. The molecule has 1 fully saturated rings. The van der Waals surface area contributed by atoms with Crippen molar-refractivity contribution < 1.29 is 0 Å². The summed E-state index contributed by atoms with van der Waals surface area (Å²) in [4.78, 5) is 2.39. The van der Waals surface area contributed by atoms with Gasteiger partial charge in [0.2, 0.25) is 0 Å². The zero-order chi connectivity index (χ0) is 11.4. The van der Waals surface area contributed by atoms with Crippen molar-refractivity contribution in [2.75, 3.05) is 23.7 Å². The maximum Gasteiger partial charge on any atom is 0.0992 e. The van der Waals surface area contributed by atoms with Crippen LogP contribution in [0.4, 0.5) is 5.69 Å². The molecule has 0 N–H and O–H groups in total. The summed E-state index contributed by atoms with van der Waals surface area (Å²) < 4.78 is 0. The lowest BCUT2D eigenvalue weighted by Crippen LogP contribution is -2.37. The van der Waals surface area contributed by atoms with Gasteiger partial charge in [-0.3, -0.25) is 0 Å². The molecule has 0 saturated carbocycles. The van der Waals surface area contributed by atoms with Gasteiger partial charge in [-0.25, -0.2) is 0 Å². The molecule has 0 spiro atoms. The molecule has 0 amide bonds. The van der Waals surface area contributed by atoms with Gasteiger partial charge in [0.05, 0.1) is 11.6 Å². The van der Waals surface area contributed by atoms with Crippen molar-refractivity contribution in [3.05, 3.63) is 29.8 Å². The molecule has 1 aromatic rings. The van der Waals surface area contributed by atoms with Crippen molar-refractivity contribution in [1.29, 1.82) is 5.26 Å². The molecule has 1 saturated heterocycles. The fourth-order valence-corrected chi connectivity index (χ4v) is 3.15. The lowest BCUT2D eigenvalue weighted by Gasteiger charge is -2.33. The quantitative estimate of drug-likeness (QED) is 0.784. The van der Waals surface area contributed by atoms with E-state index in [1.54, 1.807) is 0 Å². The van der Waals surface area contributed by atoms with Crippen LogP contribution in [-0.4, -0.2) is 24.1 Å². The third-order valence-electron chi connectivity index (χ3n) is 2.93. The topological polar surface area (TPSA) is 27.0 Å². The molecule has 0 aliphatic carbocycles. The molecular formula is C13H16N2S. The van der Waals surface area contributed by atoms with Crippen molar-refractivity contribution in [3.8, 4) is 6.07 Å². The molecule has 0 radical (unpaired) electrons. The predicted molar refractivity (Wildman–Crippen MR) is 69.9 cm³/mol. The average molecular weight is 232 g/mol. The second-order valence-electron chi connectivity index (χ2n) is 4.01. The van der Waals surface area contributed by atoms with Crippen molar-refractivity contribution in [3.63, 3.8) is 0 Å². The van der Waals surface area contributed by atoms with Gasteiger partial charge in [-0.1, -0.05) is 13.0 Å². The predicted octanol–water partition coefficient (Wildman–Crippen LogP) is 2.89. The van der Waals surface area contributed by atoms with Crippen LogP contribution in [-0.2, 0) is 0 Å². The minimum absolute atomic E-state index is 0.736. The Hall–Kier alpha value is -1.14.